The number of methoxy groups -OCH3 is 1. The molecular weight excluding hydrogens is 296 g/mol. The number of nitrogens with one attached hydrogen (secondary N) is 2. The molecule has 0 saturated carbocycles. The van der Waals surface area contributed by atoms with Crippen LogP contribution in [0, 0.1) is 6.92 Å². The topological polar surface area (TPSA) is 84.2 Å². The van der Waals surface area contributed by atoms with Gasteiger partial charge in [-0.25, -0.2) is 0 Å². The summed E-state index contributed by atoms with van der Waals surface area (Å²) in [6, 6.07) is 7.67. The van der Waals surface area contributed by atoms with Gasteiger partial charge in [0.2, 0.25) is 0 Å². The Morgan fingerprint density at radius 2 is 2.13 bits per heavy atom. The molecule has 1 atom stereocenters. The van der Waals surface area contributed by atoms with E-state index in [4.69, 9.17) is 9.47 Å². The Bertz CT molecular complexity index is 816. The monoisotopic (exact) mass is 314 g/mol. The summed E-state index contributed by atoms with van der Waals surface area (Å²) in [7, 11) is 1.34. The van der Waals surface area contributed by atoms with Crippen molar-refractivity contribution in [3.05, 3.63) is 57.0 Å². The summed E-state index contributed by atoms with van der Waals surface area (Å²) in [4.78, 5) is 23.9. The molecule has 0 aliphatic carbocycles. The molecule has 6 heteroatoms. The van der Waals surface area contributed by atoms with Crippen molar-refractivity contribution in [1.29, 1.82) is 0 Å². The van der Waals surface area contributed by atoms with E-state index in [-0.39, 0.29) is 23.9 Å². The van der Waals surface area contributed by atoms with Gasteiger partial charge < -0.3 is 14.6 Å². The van der Waals surface area contributed by atoms with E-state index >= 15 is 0 Å². The molecule has 2 heterocycles. The molecule has 1 aromatic heterocycles. The van der Waals surface area contributed by atoms with Gasteiger partial charge in [-0.3, -0.25) is 14.7 Å². The van der Waals surface area contributed by atoms with Gasteiger partial charge in [0, 0.05) is 22.7 Å². The first kappa shape index (κ1) is 15.1. The molecule has 0 fully saturated rings. The zero-order valence-electron chi connectivity index (χ0n) is 13.0. The van der Waals surface area contributed by atoms with Gasteiger partial charge in [-0.2, -0.15) is 0 Å². The first-order valence-electron chi connectivity index (χ1n) is 7.36. The lowest BCUT2D eigenvalue weighted by molar-refractivity contribution is -0.140. The van der Waals surface area contributed by atoms with Crippen molar-refractivity contribution in [3.63, 3.8) is 0 Å². The second-order valence-corrected chi connectivity index (χ2v) is 5.50. The third-order valence-electron chi connectivity index (χ3n) is 4.06. The fourth-order valence-electron chi connectivity index (χ4n) is 2.88. The number of H-pyrrole nitrogens is 2. The molecule has 120 valence electrons. The van der Waals surface area contributed by atoms with E-state index in [0.717, 1.165) is 16.9 Å². The van der Waals surface area contributed by atoms with Gasteiger partial charge in [-0.15, -0.1) is 0 Å². The lowest BCUT2D eigenvalue weighted by Crippen LogP contribution is -2.22. The molecule has 1 aliphatic rings. The average Bonchev–Trinajstić information content (AvgIpc) is 2.90. The zero-order valence-corrected chi connectivity index (χ0v) is 13.0. The van der Waals surface area contributed by atoms with Crippen molar-refractivity contribution in [3.8, 4) is 5.75 Å². The normalized spacial score (nSPS) is 14.4. The molecule has 1 aliphatic heterocycles. The van der Waals surface area contributed by atoms with Crippen LogP contribution in [0.25, 0.3) is 6.08 Å². The summed E-state index contributed by atoms with van der Waals surface area (Å²) in [5, 5.41) is 5.38. The number of carbonyl (C=O) groups excluding carboxylic acids is 1. The van der Waals surface area contributed by atoms with Crippen LogP contribution in [0.4, 0.5) is 0 Å². The molecule has 0 bridgehead atoms. The van der Waals surface area contributed by atoms with Crippen LogP contribution in [0.3, 0.4) is 0 Å². The summed E-state index contributed by atoms with van der Waals surface area (Å²) in [6.07, 6.45) is 2.08. The number of hydrogen-bond acceptors (Lipinski definition) is 4. The Kier molecular flexibility index (Phi) is 4.06. The maximum absolute atomic E-state index is 12.1. The number of esters is 1. The second kappa shape index (κ2) is 6.16. The van der Waals surface area contributed by atoms with E-state index < -0.39 is 0 Å². The van der Waals surface area contributed by atoms with Crippen molar-refractivity contribution in [2.45, 2.75) is 19.3 Å². The Hall–Kier alpha value is -2.76. The van der Waals surface area contributed by atoms with Crippen LogP contribution >= 0.6 is 0 Å². The summed E-state index contributed by atoms with van der Waals surface area (Å²) >= 11 is 0. The minimum atomic E-state index is -0.384. The lowest BCUT2D eigenvalue weighted by atomic mass is 9.86. The minimum Gasteiger partial charge on any atom is -0.489 e. The Balaban J connectivity index is 2.05. The third kappa shape index (κ3) is 2.92. The first-order chi connectivity index (χ1) is 11.1. The van der Waals surface area contributed by atoms with Gasteiger partial charge in [0.05, 0.1) is 13.5 Å². The first-order valence-corrected chi connectivity index (χ1v) is 7.36. The van der Waals surface area contributed by atoms with E-state index in [1.165, 1.54) is 7.11 Å². The highest BCUT2D eigenvalue weighted by Crippen LogP contribution is 2.35. The van der Waals surface area contributed by atoms with Crippen LogP contribution in [0.5, 0.6) is 5.75 Å². The molecule has 3 rings (SSSR count). The maximum Gasteiger partial charge on any atom is 0.306 e. The Labute approximate surface area is 133 Å². The van der Waals surface area contributed by atoms with Gasteiger partial charge in [0.25, 0.3) is 5.56 Å². The highest BCUT2D eigenvalue weighted by molar-refractivity contribution is 5.73. The molecule has 0 radical (unpaired) electrons. The molecule has 0 spiro atoms. The number of rotatable bonds is 4. The molecule has 1 aromatic carbocycles. The molecular formula is C17H18N2O4. The van der Waals surface area contributed by atoms with Crippen molar-refractivity contribution in [2.24, 2.45) is 0 Å². The van der Waals surface area contributed by atoms with E-state index in [2.05, 4.69) is 10.2 Å². The number of aryl methyl sites for hydroxylation is 1. The van der Waals surface area contributed by atoms with Gasteiger partial charge in [0.15, 0.2) is 0 Å². The largest absolute Gasteiger partial charge is 0.489 e. The van der Waals surface area contributed by atoms with Crippen molar-refractivity contribution < 1.29 is 14.3 Å². The van der Waals surface area contributed by atoms with E-state index in [1.54, 1.807) is 6.92 Å². The van der Waals surface area contributed by atoms with E-state index in [0.29, 0.717) is 17.9 Å². The molecule has 6 nitrogen and oxygen atoms in total. The fraction of sp³-hybridized carbons (Fsp3) is 0.294. The third-order valence-corrected chi connectivity index (χ3v) is 4.06. The lowest BCUT2D eigenvalue weighted by Gasteiger charge is -2.24. The Morgan fingerprint density at radius 3 is 2.83 bits per heavy atom. The van der Waals surface area contributed by atoms with Crippen molar-refractivity contribution >= 4 is 12.0 Å². The SMILES string of the molecule is COC(=O)CC(C1=Cc2ccccc2OC1)c1c(C)[nH][nH]c1=O. The van der Waals surface area contributed by atoms with Crippen LogP contribution in [0.1, 0.15) is 29.2 Å². The Morgan fingerprint density at radius 1 is 1.35 bits per heavy atom. The molecule has 2 aromatic rings. The average molecular weight is 314 g/mol. The number of benzene rings is 1. The number of hydrogen-bond donors (Lipinski definition) is 2. The van der Waals surface area contributed by atoms with E-state index in [9.17, 15) is 9.59 Å². The van der Waals surface area contributed by atoms with Gasteiger partial charge in [0.1, 0.15) is 12.4 Å². The summed E-state index contributed by atoms with van der Waals surface area (Å²) in [6.45, 7) is 2.14. The predicted molar refractivity (Wildman–Crippen MR) is 85.4 cm³/mol. The number of para-hydroxylation sites is 1. The zero-order chi connectivity index (χ0) is 16.4. The molecule has 1 unspecified atom stereocenters. The van der Waals surface area contributed by atoms with Crippen LogP contribution in [-0.4, -0.2) is 29.9 Å². The number of carbonyl (C=O) groups is 1. The van der Waals surface area contributed by atoms with Crippen LogP contribution in [0.2, 0.25) is 0 Å². The van der Waals surface area contributed by atoms with Crippen LogP contribution in [0.15, 0.2) is 34.6 Å². The predicted octanol–water partition coefficient (Wildman–Crippen LogP) is 2.13. The number of aromatic amines is 2. The van der Waals surface area contributed by atoms with E-state index in [1.807, 2.05) is 30.3 Å². The highest BCUT2D eigenvalue weighted by atomic mass is 16.5. The van der Waals surface area contributed by atoms with Crippen LogP contribution < -0.4 is 10.3 Å². The van der Waals surface area contributed by atoms with Gasteiger partial charge in [-0.05, 0) is 24.6 Å². The quantitative estimate of drug-likeness (QED) is 0.847. The number of fused-ring (bicyclic) bond motifs is 1. The van der Waals surface area contributed by atoms with Gasteiger partial charge in [-0.1, -0.05) is 18.2 Å². The number of ether oxygens (including phenoxy) is 2. The molecule has 0 amide bonds. The molecule has 2 N–H and O–H groups in total. The fourth-order valence-corrected chi connectivity index (χ4v) is 2.88. The van der Waals surface area contributed by atoms with Crippen LogP contribution in [-0.2, 0) is 9.53 Å². The second-order valence-electron chi connectivity index (χ2n) is 5.50. The number of aromatic nitrogens is 2. The summed E-state index contributed by atoms with van der Waals surface area (Å²) < 4.78 is 10.6. The smallest absolute Gasteiger partial charge is 0.306 e. The summed E-state index contributed by atoms with van der Waals surface area (Å²) in [5.74, 6) is 0.0494. The maximum atomic E-state index is 12.1. The highest BCUT2D eigenvalue weighted by Gasteiger charge is 2.28. The van der Waals surface area contributed by atoms with Crippen molar-refractivity contribution in [1.82, 2.24) is 10.2 Å². The van der Waals surface area contributed by atoms with Crippen molar-refractivity contribution in [2.75, 3.05) is 13.7 Å². The summed E-state index contributed by atoms with van der Waals surface area (Å²) in [5.41, 5.74) is 2.85. The molecule has 0 saturated heterocycles. The standard InChI is InChI=1S/C17H18N2O4/c1-10-16(17(21)19-18-10)13(8-15(20)22-2)12-7-11-5-3-4-6-14(11)23-9-12/h3-7,13H,8-9H2,1-2H3,(H2,18,19,21). The molecule has 23 heavy (non-hydrogen) atoms. The van der Waals surface area contributed by atoms with Gasteiger partial charge >= 0.3 is 5.97 Å². The minimum absolute atomic E-state index is 0.0929.